The van der Waals surface area contributed by atoms with Crippen molar-refractivity contribution in [2.45, 2.75) is 13.0 Å². The third kappa shape index (κ3) is 4.93. The molecule has 2 aromatic carbocycles. The highest BCUT2D eigenvalue weighted by Crippen LogP contribution is 2.23. The van der Waals surface area contributed by atoms with Crippen molar-refractivity contribution in [1.82, 2.24) is 4.90 Å². The molecule has 0 aliphatic carbocycles. The predicted octanol–water partition coefficient (Wildman–Crippen LogP) is 3.82. The van der Waals surface area contributed by atoms with Gasteiger partial charge in [0.05, 0.1) is 0 Å². The Balaban J connectivity index is 0.00000192. The van der Waals surface area contributed by atoms with Crippen LogP contribution in [0.4, 0.5) is 4.39 Å². The van der Waals surface area contributed by atoms with Gasteiger partial charge < -0.3 is 10.5 Å². The Bertz CT molecular complexity index is 621. The first-order valence-electron chi connectivity index (χ1n) is 7.68. The van der Waals surface area contributed by atoms with Gasteiger partial charge in [0, 0.05) is 19.2 Å². The molecule has 0 aromatic heterocycles. The number of hydrogen-bond donors (Lipinski definition) is 1. The Kier molecular flexibility index (Phi) is 6.39. The van der Waals surface area contributed by atoms with Crippen LogP contribution in [0.1, 0.15) is 12.0 Å². The first kappa shape index (κ1) is 17.7. The van der Waals surface area contributed by atoms with Crippen molar-refractivity contribution < 1.29 is 9.13 Å². The number of rotatable bonds is 5. The molecule has 0 bridgehead atoms. The van der Waals surface area contributed by atoms with Gasteiger partial charge in [0.1, 0.15) is 17.3 Å². The molecule has 1 aliphatic heterocycles. The zero-order valence-electron chi connectivity index (χ0n) is 13.0. The molecule has 1 fully saturated rings. The van der Waals surface area contributed by atoms with Crippen LogP contribution in [-0.4, -0.2) is 24.5 Å². The van der Waals surface area contributed by atoms with Gasteiger partial charge in [0.25, 0.3) is 0 Å². The van der Waals surface area contributed by atoms with Crippen LogP contribution >= 0.6 is 12.4 Å². The highest BCUT2D eigenvalue weighted by Gasteiger charge is 2.20. The van der Waals surface area contributed by atoms with Gasteiger partial charge in [-0.25, -0.2) is 4.39 Å². The lowest BCUT2D eigenvalue weighted by Crippen LogP contribution is -2.22. The molecule has 1 unspecified atom stereocenters. The zero-order valence-corrected chi connectivity index (χ0v) is 13.8. The molecular weight excluding hydrogens is 315 g/mol. The van der Waals surface area contributed by atoms with E-state index in [0.29, 0.717) is 11.7 Å². The summed E-state index contributed by atoms with van der Waals surface area (Å²) < 4.78 is 18.8. The number of nitrogens with zero attached hydrogens (tertiary/aromatic N) is 1. The molecule has 3 rings (SSSR count). The summed E-state index contributed by atoms with van der Waals surface area (Å²) in [5, 5.41) is 0. The minimum absolute atomic E-state index is 0. The van der Waals surface area contributed by atoms with Gasteiger partial charge in [-0.05, 0) is 55.3 Å². The van der Waals surface area contributed by atoms with Crippen LogP contribution in [0.3, 0.4) is 0 Å². The molecule has 2 aromatic rings. The largest absolute Gasteiger partial charge is 0.457 e. The van der Waals surface area contributed by atoms with Gasteiger partial charge in [-0.15, -0.1) is 12.4 Å². The Hall–Kier alpha value is -1.62. The summed E-state index contributed by atoms with van der Waals surface area (Å²) >= 11 is 0. The number of halogens is 2. The number of benzene rings is 2. The molecule has 23 heavy (non-hydrogen) atoms. The van der Waals surface area contributed by atoms with Crippen LogP contribution in [0.5, 0.6) is 11.5 Å². The van der Waals surface area contributed by atoms with Gasteiger partial charge in [-0.2, -0.15) is 0 Å². The van der Waals surface area contributed by atoms with E-state index in [1.807, 2.05) is 12.1 Å². The fourth-order valence-electron chi connectivity index (χ4n) is 2.84. The summed E-state index contributed by atoms with van der Waals surface area (Å²) in [6, 6.07) is 14.1. The first-order chi connectivity index (χ1) is 10.7. The lowest BCUT2D eigenvalue weighted by atomic mass is 10.1. The van der Waals surface area contributed by atoms with E-state index in [4.69, 9.17) is 10.5 Å². The third-order valence-electron chi connectivity index (χ3n) is 4.06. The maximum atomic E-state index is 13.1. The van der Waals surface area contributed by atoms with Crippen molar-refractivity contribution in [2.75, 3.05) is 19.6 Å². The molecular formula is C18H22ClFN2O. The molecule has 2 N–H and O–H groups in total. The number of likely N-dealkylation sites (tertiary alicyclic amines) is 1. The maximum absolute atomic E-state index is 13.1. The van der Waals surface area contributed by atoms with Gasteiger partial charge >= 0.3 is 0 Å². The fourth-order valence-corrected chi connectivity index (χ4v) is 2.84. The van der Waals surface area contributed by atoms with E-state index in [-0.39, 0.29) is 18.2 Å². The minimum Gasteiger partial charge on any atom is -0.457 e. The monoisotopic (exact) mass is 336 g/mol. The maximum Gasteiger partial charge on any atom is 0.130 e. The predicted molar refractivity (Wildman–Crippen MR) is 92.6 cm³/mol. The van der Waals surface area contributed by atoms with E-state index in [1.54, 1.807) is 12.1 Å². The van der Waals surface area contributed by atoms with Gasteiger partial charge in [0.2, 0.25) is 0 Å². The molecule has 0 saturated carbocycles. The Labute approximate surface area is 142 Å². The van der Waals surface area contributed by atoms with E-state index in [9.17, 15) is 4.39 Å². The van der Waals surface area contributed by atoms with Crippen LogP contribution in [0.15, 0.2) is 48.5 Å². The molecule has 0 radical (unpaired) electrons. The lowest BCUT2D eigenvalue weighted by Gasteiger charge is -2.16. The van der Waals surface area contributed by atoms with Gasteiger partial charge in [-0.1, -0.05) is 18.2 Å². The van der Waals surface area contributed by atoms with Crippen molar-refractivity contribution in [3.63, 3.8) is 0 Å². The minimum atomic E-state index is -0.294. The second-order valence-corrected chi connectivity index (χ2v) is 5.83. The van der Waals surface area contributed by atoms with Gasteiger partial charge in [0.15, 0.2) is 0 Å². The molecule has 3 nitrogen and oxygen atoms in total. The summed E-state index contributed by atoms with van der Waals surface area (Å²) in [5.74, 6) is 1.57. The van der Waals surface area contributed by atoms with E-state index in [1.165, 1.54) is 24.1 Å². The van der Waals surface area contributed by atoms with Crippen LogP contribution < -0.4 is 10.5 Å². The Morgan fingerprint density at radius 1 is 1.13 bits per heavy atom. The van der Waals surface area contributed by atoms with E-state index >= 15 is 0 Å². The summed E-state index contributed by atoms with van der Waals surface area (Å²) in [6.45, 7) is 3.91. The van der Waals surface area contributed by atoms with Crippen molar-refractivity contribution in [2.24, 2.45) is 11.7 Å². The average molecular weight is 337 g/mol. The highest BCUT2D eigenvalue weighted by molar-refractivity contribution is 5.85. The zero-order chi connectivity index (χ0) is 15.4. The molecule has 1 aliphatic rings. The van der Waals surface area contributed by atoms with Crippen LogP contribution in [0.2, 0.25) is 0 Å². The third-order valence-corrected chi connectivity index (χ3v) is 4.06. The van der Waals surface area contributed by atoms with Crippen LogP contribution in [-0.2, 0) is 6.54 Å². The quantitative estimate of drug-likeness (QED) is 0.902. The molecule has 1 heterocycles. The first-order valence-corrected chi connectivity index (χ1v) is 7.68. The normalized spacial score (nSPS) is 17.7. The second-order valence-electron chi connectivity index (χ2n) is 5.83. The van der Waals surface area contributed by atoms with Gasteiger partial charge in [-0.3, -0.25) is 4.90 Å². The molecule has 124 valence electrons. The molecule has 0 spiro atoms. The average Bonchev–Trinajstić information content (AvgIpc) is 2.97. The van der Waals surface area contributed by atoms with Crippen molar-refractivity contribution in [3.8, 4) is 11.5 Å². The molecule has 5 heteroatoms. The van der Waals surface area contributed by atoms with Crippen molar-refractivity contribution >= 4 is 12.4 Å². The second kappa shape index (κ2) is 8.29. The SMILES string of the molecule is Cl.NCC1CCN(Cc2ccc(Oc3cccc(F)c3)cc2)C1. The number of nitrogens with two attached hydrogens (primary N) is 1. The number of ether oxygens (including phenoxy) is 1. The topological polar surface area (TPSA) is 38.5 Å². The van der Waals surface area contributed by atoms with E-state index in [2.05, 4.69) is 17.0 Å². The van der Waals surface area contributed by atoms with Crippen LogP contribution in [0, 0.1) is 11.7 Å². The molecule has 1 atom stereocenters. The molecule has 1 saturated heterocycles. The van der Waals surface area contributed by atoms with E-state index in [0.717, 1.165) is 31.9 Å². The molecule has 0 amide bonds. The standard InChI is InChI=1S/C18H21FN2O.ClH/c19-16-2-1-3-18(10-16)22-17-6-4-14(5-7-17)12-21-9-8-15(11-20)13-21;/h1-7,10,15H,8-9,11-13,20H2;1H. The van der Waals surface area contributed by atoms with Crippen molar-refractivity contribution in [1.29, 1.82) is 0 Å². The summed E-state index contributed by atoms with van der Waals surface area (Å²) in [4.78, 5) is 2.43. The summed E-state index contributed by atoms with van der Waals surface area (Å²) in [6.07, 6.45) is 1.19. The van der Waals surface area contributed by atoms with Crippen LogP contribution in [0.25, 0.3) is 0 Å². The highest BCUT2D eigenvalue weighted by atomic mass is 35.5. The summed E-state index contributed by atoms with van der Waals surface area (Å²) in [5.41, 5.74) is 6.98. The Morgan fingerprint density at radius 2 is 1.91 bits per heavy atom. The number of hydrogen-bond acceptors (Lipinski definition) is 3. The Morgan fingerprint density at radius 3 is 2.57 bits per heavy atom. The fraction of sp³-hybridized carbons (Fsp3) is 0.333. The van der Waals surface area contributed by atoms with E-state index < -0.39 is 0 Å². The summed E-state index contributed by atoms with van der Waals surface area (Å²) in [7, 11) is 0. The smallest absolute Gasteiger partial charge is 0.130 e. The lowest BCUT2D eigenvalue weighted by molar-refractivity contribution is 0.318. The van der Waals surface area contributed by atoms with Crippen molar-refractivity contribution in [3.05, 3.63) is 59.9 Å².